The van der Waals surface area contributed by atoms with Gasteiger partial charge in [-0.1, -0.05) is 6.07 Å². The summed E-state index contributed by atoms with van der Waals surface area (Å²) in [6.45, 7) is 5.51. The predicted molar refractivity (Wildman–Crippen MR) is 70.2 cm³/mol. The van der Waals surface area contributed by atoms with Gasteiger partial charge < -0.3 is 10.2 Å². The summed E-state index contributed by atoms with van der Waals surface area (Å²) in [7, 11) is 0. The average molecular weight is 243 g/mol. The predicted octanol–water partition coefficient (Wildman–Crippen LogP) is 1.66. The average Bonchev–Trinajstić information content (AvgIpc) is 2.47. The molecule has 1 aromatic rings. The minimum atomic E-state index is -0.290. The van der Waals surface area contributed by atoms with E-state index in [0.29, 0.717) is 18.5 Å². The van der Waals surface area contributed by atoms with Crippen LogP contribution in [-0.4, -0.2) is 24.5 Å². The third kappa shape index (κ3) is 2.36. The van der Waals surface area contributed by atoms with Gasteiger partial charge in [0.05, 0.1) is 17.2 Å². The van der Waals surface area contributed by atoms with E-state index in [1.54, 1.807) is 17.0 Å². The SMILES string of the molecule is CC1(C)CNCCC(=O)N1c1cccc(C#N)c1. The summed E-state index contributed by atoms with van der Waals surface area (Å²) >= 11 is 0. The van der Waals surface area contributed by atoms with E-state index in [1.807, 2.05) is 26.0 Å². The van der Waals surface area contributed by atoms with E-state index in [-0.39, 0.29) is 11.4 Å². The third-order valence-electron chi connectivity index (χ3n) is 3.16. The van der Waals surface area contributed by atoms with Gasteiger partial charge in [0.1, 0.15) is 0 Å². The Labute approximate surface area is 107 Å². The second kappa shape index (κ2) is 4.79. The number of hydrogen-bond donors (Lipinski definition) is 1. The molecule has 94 valence electrons. The van der Waals surface area contributed by atoms with E-state index < -0.39 is 0 Å². The van der Waals surface area contributed by atoms with Gasteiger partial charge in [-0.2, -0.15) is 5.26 Å². The number of anilines is 1. The molecule has 4 nitrogen and oxygen atoms in total. The van der Waals surface area contributed by atoms with Crippen LogP contribution in [0.3, 0.4) is 0 Å². The number of benzene rings is 1. The lowest BCUT2D eigenvalue weighted by Crippen LogP contribution is -2.51. The van der Waals surface area contributed by atoms with Crippen LogP contribution in [0.5, 0.6) is 0 Å². The fourth-order valence-electron chi connectivity index (χ4n) is 2.33. The number of rotatable bonds is 1. The summed E-state index contributed by atoms with van der Waals surface area (Å²) < 4.78 is 0. The second-order valence-electron chi connectivity index (χ2n) is 5.13. The molecule has 1 aliphatic rings. The quantitative estimate of drug-likeness (QED) is 0.816. The van der Waals surface area contributed by atoms with E-state index in [4.69, 9.17) is 5.26 Å². The number of nitrogens with one attached hydrogen (secondary N) is 1. The Bertz CT molecular complexity index is 502. The minimum Gasteiger partial charge on any atom is -0.314 e. The van der Waals surface area contributed by atoms with Crippen molar-refractivity contribution in [3.63, 3.8) is 0 Å². The van der Waals surface area contributed by atoms with Crippen LogP contribution in [0.4, 0.5) is 5.69 Å². The first-order valence-electron chi connectivity index (χ1n) is 6.08. The van der Waals surface area contributed by atoms with Crippen LogP contribution >= 0.6 is 0 Å². The van der Waals surface area contributed by atoms with Crippen LogP contribution in [-0.2, 0) is 4.79 Å². The standard InChI is InChI=1S/C14H17N3O/c1-14(2)10-16-7-6-13(18)17(14)12-5-3-4-11(8-12)9-15/h3-5,8,16H,6-7,10H2,1-2H3. The van der Waals surface area contributed by atoms with Crippen LogP contribution in [0.25, 0.3) is 0 Å². The fourth-order valence-corrected chi connectivity index (χ4v) is 2.33. The Morgan fingerprint density at radius 1 is 1.44 bits per heavy atom. The van der Waals surface area contributed by atoms with Crippen molar-refractivity contribution in [1.82, 2.24) is 5.32 Å². The van der Waals surface area contributed by atoms with Crippen LogP contribution < -0.4 is 10.2 Å². The van der Waals surface area contributed by atoms with Gasteiger partial charge in [-0.15, -0.1) is 0 Å². The molecule has 0 spiro atoms. The first-order valence-corrected chi connectivity index (χ1v) is 6.08. The highest BCUT2D eigenvalue weighted by Crippen LogP contribution is 2.26. The molecule has 1 heterocycles. The van der Waals surface area contributed by atoms with Gasteiger partial charge in [-0.3, -0.25) is 4.79 Å². The minimum absolute atomic E-state index is 0.0973. The van der Waals surface area contributed by atoms with Gasteiger partial charge in [0.25, 0.3) is 0 Å². The molecule has 1 N–H and O–H groups in total. The third-order valence-corrected chi connectivity index (χ3v) is 3.16. The van der Waals surface area contributed by atoms with Crippen LogP contribution in [0.15, 0.2) is 24.3 Å². The molecule has 18 heavy (non-hydrogen) atoms. The van der Waals surface area contributed by atoms with Gasteiger partial charge in [-0.05, 0) is 32.0 Å². The van der Waals surface area contributed by atoms with Crippen molar-refractivity contribution in [3.05, 3.63) is 29.8 Å². The molecule has 1 saturated heterocycles. The monoisotopic (exact) mass is 243 g/mol. The summed E-state index contributed by atoms with van der Waals surface area (Å²) in [6, 6.07) is 9.32. The molecule has 0 aromatic heterocycles. The molecule has 1 aromatic carbocycles. The number of amides is 1. The first kappa shape index (κ1) is 12.6. The van der Waals surface area contributed by atoms with E-state index in [0.717, 1.165) is 12.2 Å². The van der Waals surface area contributed by atoms with E-state index in [9.17, 15) is 4.79 Å². The molecule has 1 amide bonds. The lowest BCUT2D eigenvalue weighted by Gasteiger charge is -2.37. The van der Waals surface area contributed by atoms with Crippen molar-refractivity contribution in [3.8, 4) is 6.07 Å². The molecule has 4 heteroatoms. The maximum Gasteiger partial charge on any atom is 0.228 e. The Kier molecular flexibility index (Phi) is 3.35. The van der Waals surface area contributed by atoms with Crippen molar-refractivity contribution >= 4 is 11.6 Å². The maximum atomic E-state index is 12.2. The summed E-state index contributed by atoms with van der Waals surface area (Å²) in [6.07, 6.45) is 0.486. The highest BCUT2D eigenvalue weighted by Gasteiger charge is 2.33. The van der Waals surface area contributed by atoms with Crippen molar-refractivity contribution in [2.24, 2.45) is 0 Å². The summed E-state index contributed by atoms with van der Waals surface area (Å²) in [5.41, 5.74) is 1.09. The van der Waals surface area contributed by atoms with Crippen molar-refractivity contribution in [2.75, 3.05) is 18.0 Å². The fraction of sp³-hybridized carbons (Fsp3) is 0.429. The second-order valence-corrected chi connectivity index (χ2v) is 5.13. The molecular weight excluding hydrogens is 226 g/mol. The van der Waals surface area contributed by atoms with Gasteiger partial charge >= 0.3 is 0 Å². The van der Waals surface area contributed by atoms with E-state index >= 15 is 0 Å². The summed E-state index contributed by atoms with van der Waals surface area (Å²) in [5.74, 6) is 0.0973. The molecule has 0 unspecified atom stereocenters. The van der Waals surface area contributed by atoms with Crippen molar-refractivity contribution in [1.29, 1.82) is 5.26 Å². The normalized spacial score (nSPS) is 19.2. The molecule has 0 atom stereocenters. The zero-order valence-corrected chi connectivity index (χ0v) is 10.7. The molecule has 2 rings (SSSR count). The molecule has 1 fully saturated rings. The van der Waals surface area contributed by atoms with Gasteiger partial charge in [-0.25, -0.2) is 0 Å². The van der Waals surface area contributed by atoms with Gasteiger partial charge in [0, 0.05) is 25.2 Å². The van der Waals surface area contributed by atoms with Crippen LogP contribution in [0, 0.1) is 11.3 Å². The number of carbonyl (C=O) groups is 1. The lowest BCUT2D eigenvalue weighted by molar-refractivity contribution is -0.119. The zero-order valence-electron chi connectivity index (χ0n) is 10.7. The Hall–Kier alpha value is -1.86. The molecule has 0 radical (unpaired) electrons. The molecular formula is C14H17N3O. The molecule has 0 saturated carbocycles. The Morgan fingerprint density at radius 3 is 2.94 bits per heavy atom. The topological polar surface area (TPSA) is 56.1 Å². The van der Waals surface area contributed by atoms with E-state index in [2.05, 4.69) is 11.4 Å². The zero-order chi connectivity index (χ0) is 13.2. The number of nitrogens with zero attached hydrogens (tertiary/aromatic N) is 2. The van der Waals surface area contributed by atoms with Crippen molar-refractivity contribution < 1.29 is 4.79 Å². The maximum absolute atomic E-state index is 12.2. The lowest BCUT2D eigenvalue weighted by atomic mass is 10.0. The Balaban J connectivity index is 2.44. The smallest absolute Gasteiger partial charge is 0.228 e. The van der Waals surface area contributed by atoms with Gasteiger partial charge in [0.15, 0.2) is 0 Å². The first-order chi connectivity index (χ1) is 8.54. The number of carbonyl (C=O) groups excluding carboxylic acids is 1. The highest BCUT2D eigenvalue weighted by atomic mass is 16.2. The van der Waals surface area contributed by atoms with Gasteiger partial charge in [0.2, 0.25) is 5.91 Å². The highest BCUT2D eigenvalue weighted by molar-refractivity contribution is 5.95. The molecule has 0 aliphatic carbocycles. The number of hydrogen-bond acceptors (Lipinski definition) is 3. The number of nitriles is 1. The largest absolute Gasteiger partial charge is 0.314 e. The van der Waals surface area contributed by atoms with Crippen LogP contribution in [0.1, 0.15) is 25.8 Å². The molecule has 0 bridgehead atoms. The molecule has 1 aliphatic heterocycles. The summed E-state index contributed by atoms with van der Waals surface area (Å²) in [5, 5.41) is 12.2. The van der Waals surface area contributed by atoms with Crippen molar-refractivity contribution in [2.45, 2.75) is 25.8 Å². The van der Waals surface area contributed by atoms with E-state index in [1.165, 1.54) is 0 Å². The Morgan fingerprint density at radius 2 is 2.22 bits per heavy atom. The summed E-state index contributed by atoms with van der Waals surface area (Å²) in [4.78, 5) is 14.0. The van der Waals surface area contributed by atoms with Crippen LogP contribution in [0.2, 0.25) is 0 Å².